The minimum Gasteiger partial charge on any atom is -0.494 e. The molecule has 0 spiro atoms. The van der Waals surface area contributed by atoms with Gasteiger partial charge in [-0.05, 0) is 44.0 Å². The van der Waals surface area contributed by atoms with Crippen molar-refractivity contribution >= 4 is 17.3 Å². The van der Waals surface area contributed by atoms with Gasteiger partial charge in [0.2, 0.25) is 0 Å². The number of ether oxygens (including phenoxy) is 1. The predicted molar refractivity (Wildman–Crippen MR) is 72.3 cm³/mol. The Bertz CT molecular complexity index is 389. The van der Waals surface area contributed by atoms with Gasteiger partial charge in [-0.3, -0.25) is 0 Å². The summed E-state index contributed by atoms with van der Waals surface area (Å²) in [6, 6.07) is 4.39. The van der Waals surface area contributed by atoms with Crippen molar-refractivity contribution in [2.24, 2.45) is 0 Å². The molecule has 0 saturated carbocycles. The van der Waals surface area contributed by atoms with Crippen molar-refractivity contribution in [3.05, 3.63) is 22.7 Å². The molecule has 17 heavy (non-hydrogen) atoms. The normalized spacial score (nSPS) is 19.4. The Morgan fingerprint density at radius 3 is 3.00 bits per heavy atom. The quantitative estimate of drug-likeness (QED) is 0.867. The number of hydrogen-bond donors (Lipinski definition) is 2. The number of benzene rings is 1. The molecule has 94 valence electrons. The van der Waals surface area contributed by atoms with Crippen LogP contribution in [0.5, 0.6) is 5.75 Å². The van der Waals surface area contributed by atoms with Crippen LogP contribution in [-0.2, 0) is 0 Å². The molecule has 0 aromatic heterocycles. The van der Waals surface area contributed by atoms with E-state index in [0.29, 0.717) is 6.04 Å². The van der Waals surface area contributed by atoms with Crippen molar-refractivity contribution in [2.45, 2.75) is 25.8 Å². The molecular formula is C13H19ClN2O. The molecule has 4 heteroatoms. The van der Waals surface area contributed by atoms with Crippen LogP contribution in [0.3, 0.4) is 0 Å². The summed E-state index contributed by atoms with van der Waals surface area (Å²) >= 11 is 6.06. The number of aryl methyl sites for hydroxylation is 1. The molecular weight excluding hydrogens is 236 g/mol. The van der Waals surface area contributed by atoms with Crippen molar-refractivity contribution in [1.82, 2.24) is 5.32 Å². The lowest BCUT2D eigenvalue weighted by molar-refractivity contribution is 0.413. The van der Waals surface area contributed by atoms with Crippen molar-refractivity contribution in [3.63, 3.8) is 0 Å². The van der Waals surface area contributed by atoms with Crippen LogP contribution in [0.4, 0.5) is 5.69 Å². The minimum atomic E-state index is 0.555. The maximum atomic E-state index is 6.06. The first kappa shape index (κ1) is 12.5. The second-order valence-electron chi connectivity index (χ2n) is 4.48. The Labute approximate surface area is 107 Å². The highest BCUT2D eigenvalue weighted by Crippen LogP contribution is 2.32. The molecule has 1 aromatic carbocycles. The molecule has 1 unspecified atom stereocenters. The fraction of sp³-hybridized carbons (Fsp3) is 0.538. The van der Waals surface area contributed by atoms with E-state index in [0.717, 1.165) is 35.1 Å². The van der Waals surface area contributed by atoms with Gasteiger partial charge in [-0.25, -0.2) is 0 Å². The summed E-state index contributed by atoms with van der Waals surface area (Å²) in [4.78, 5) is 0. The highest BCUT2D eigenvalue weighted by atomic mass is 35.5. The lowest BCUT2D eigenvalue weighted by atomic mass is 10.1. The molecule has 1 aliphatic heterocycles. The van der Waals surface area contributed by atoms with Crippen LogP contribution >= 0.6 is 11.6 Å². The molecule has 2 rings (SSSR count). The summed E-state index contributed by atoms with van der Waals surface area (Å²) in [5.74, 6) is 0.882. The lowest BCUT2D eigenvalue weighted by Gasteiger charge is -2.17. The van der Waals surface area contributed by atoms with Gasteiger partial charge in [-0.15, -0.1) is 0 Å². The van der Waals surface area contributed by atoms with E-state index in [-0.39, 0.29) is 0 Å². The number of rotatable bonds is 4. The molecule has 1 heterocycles. The average molecular weight is 255 g/mol. The number of nitrogens with one attached hydrogen (secondary N) is 2. The van der Waals surface area contributed by atoms with Crippen molar-refractivity contribution in [2.75, 3.05) is 25.5 Å². The summed E-state index contributed by atoms with van der Waals surface area (Å²) in [5.41, 5.74) is 2.04. The largest absolute Gasteiger partial charge is 0.494 e. The molecule has 2 N–H and O–H groups in total. The molecule has 1 aliphatic rings. The van der Waals surface area contributed by atoms with Crippen LogP contribution in [-0.4, -0.2) is 26.2 Å². The molecule has 0 bridgehead atoms. The highest BCUT2D eigenvalue weighted by molar-refractivity contribution is 6.31. The van der Waals surface area contributed by atoms with Crippen LogP contribution in [0.15, 0.2) is 12.1 Å². The van der Waals surface area contributed by atoms with Crippen LogP contribution in [0.2, 0.25) is 5.02 Å². The third-order valence-electron chi connectivity index (χ3n) is 3.14. The molecule has 0 amide bonds. The van der Waals surface area contributed by atoms with Gasteiger partial charge in [0.15, 0.2) is 0 Å². The molecule has 0 radical (unpaired) electrons. The average Bonchev–Trinajstić information content (AvgIpc) is 2.78. The number of methoxy groups -OCH3 is 1. The second-order valence-corrected chi connectivity index (χ2v) is 4.91. The third-order valence-corrected chi connectivity index (χ3v) is 3.36. The van der Waals surface area contributed by atoms with Gasteiger partial charge in [0.25, 0.3) is 0 Å². The zero-order valence-corrected chi connectivity index (χ0v) is 11.1. The van der Waals surface area contributed by atoms with Crippen molar-refractivity contribution < 1.29 is 4.74 Å². The van der Waals surface area contributed by atoms with E-state index >= 15 is 0 Å². The Kier molecular flexibility index (Phi) is 4.13. The first-order chi connectivity index (χ1) is 8.20. The monoisotopic (exact) mass is 254 g/mol. The first-order valence-corrected chi connectivity index (χ1v) is 6.40. The van der Waals surface area contributed by atoms with Crippen LogP contribution in [0, 0.1) is 6.92 Å². The second kappa shape index (κ2) is 5.61. The van der Waals surface area contributed by atoms with Gasteiger partial charge < -0.3 is 15.4 Å². The summed E-state index contributed by atoms with van der Waals surface area (Å²) in [7, 11) is 1.69. The Morgan fingerprint density at radius 2 is 2.35 bits per heavy atom. The van der Waals surface area contributed by atoms with Gasteiger partial charge in [0.1, 0.15) is 5.75 Å². The fourth-order valence-corrected chi connectivity index (χ4v) is 2.57. The van der Waals surface area contributed by atoms with Crippen molar-refractivity contribution in [3.8, 4) is 5.75 Å². The van der Waals surface area contributed by atoms with Crippen LogP contribution in [0.25, 0.3) is 0 Å². The zero-order valence-electron chi connectivity index (χ0n) is 10.3. The summed E-state index contributed by atoms with van der Waals surface area (Å²) in [6.07, 6.45) is 2.49. The van der Waals surface area contributed by atoms with E-state index in [1.807, 2.05) is 19.1 Å². The summed E-state index contributed by atoms with van der Waals surface area (Å²) in [6.45, 7) is 4.04. The van der Waals surface area contributed by atoms with Crippen molar-refractivity contribution in [1.29, 1.82) is 0 Å². The van der Waals surface area contributed by atoms with Gasteiger partial charge in [-0.1, -0.05) is 11.6 Å². The third kappa shape index (κ3) is 3.05. The Morgan fingerprint density at radius 1 is 1.53 bits per heavy atom. The number of anilines is 1. The summed E-state index contributed by atoms with van der Waals surface area (Å²) < 4.78 is 5.40. The maximum absolute atomic E-state index is 6.06. The van der Waals surface area contributed by atoms with Gasteiger partial charge in [0.05, 0.1) is 12.8 Å². The van der Waals surface area contributed by atoms with E-state index in [4.69, 9.17) is 16.3 Å². The fourth-order valence-electron chi connectivity index (χ4n) is 2.30. The van der Waals surface area contributed by atoms with Crippen LogP contribution < -0.4 is 15.4 Å². The number of hydrogen-bond acceptors (Lipinski definition) is 3. The van der Waals surface area contributed by atoms with E-state index in [9.17, 15) is 0 Å². The smallest absolute Gasteiger partial charge is 0.144 e. The summed E-state index contributed by atoms with van der Waals surface area (Å²) in [5, 5.41) is 7.61. The maximum Gasteiger partial charge on any atom is 0.144 e. The van der Waals surface area contributed by atoms with Gasteiger partial charge in [-0.2, -0.15) is 0 Å². The molecule has 1 fully saturated rings. The molecule has 1 atom stereocenters. The Hall–Kier alpha value is -0.930. The molecule has 1 aromatic rings. The first-order valence-electron chi connectivity index (χ1n) is 6.02. The minimum absolute atomic E-state index is 0.555. The molecule has 3 nitrogen and oxygen atoms in total. The van der Waals surface area contributed by atoms with Crippen LogP contribution in [0.1, 0.15) is 18.4 Å². The van der Waals surface area contributed by atoms with E-state index in [1.165, 1.54) is 12.8 Å². The topological polar surface area (TPSA) is 33.3 Å². The van der Waals surface area contributed by atoms with E-state index in [1.54, 1.807) is 7.11 Å². The SMILES string of the molecule is COc1c(C)cc(Cl)cc1NCC1CCCN1. The standard InChI is InChI=1S/C13H19ClN2O/c1-9-6-10(14)7-12(13(9)17-2)16-8-11-4-3-5-15-11/h6-7,11,15-16H,3-5,8H2,1-2H3. The van der Waals surface area contributed by atoms with Gasteiger partial charge in [0, 0.05) is 17.6 Å². The van der Waals surface area contributed by atoms with E-state index in [2.05, 4.69) is 10.6 Å². The molecule has 1 saturated heterocycles. The lowest BCUT2D eigenvalue weighted by Crippen LogP contribution is -2.29. The highest BCUT2D eigenvalue weighted by Gasteiger charge is 2.15. The number of halogens is 1. The van der Waals surface area contributed by atoms with E-state index < -0.39 is 0 Å². The predicted octanol–water partition coefficient (Wildman–Crippen LogP) is 2.82. The molecule has 0 aliphatic carbocycles. The Balaban J connectivity index is 2.07. The zero-order chi connectivity index (χ0) is 12.3. The van der Waals surface area contributed by atoms with Gasteiger partial charge >= 0.3 is 0 Å².